The molecule has 1 aliphatic heterocycles. The second-order valence-corrected chi connectivity index (χ2v) is 8.67. The van der Waals surface area contributed by atoms with E-state index in [2.05, 4.69) is 15.0 Å². The number of nitrogens with zero attached hydrogens (tertiary/aromatic N) is 2. The second kappa shape index (κ2) is 11.5. The van der Waals surface area contributed by atoms with Crippen LogP contribution < -0.4 is 20.3 Å². The van der Waals surface area contributed by atoms with Crippen LogP contribution in [0, 0.1) is 23.3 Å². The van der Waals surface area contributed by atoms with Gasteiger partial charge in [0.25, 0.3) is 11.8 Å². The van der Waals surface area contributed by atoms with Crippen LogP contribution in [-0.2, 0) is 0 Å². The lowest BCUT2D eigenvalue weighted by Crippen LogP contribution is -2.48. The van der Waals surface area contributed by atoms with Crippen molar-refractivity contribution in [2.75, 3.05) is 43.5 Å². The van der Waals surface area contributed by atoms with Gasteiger partial charge in [0.15, 0.2) is 22.5 Å². The van der Waals surface area contributed by atoms with E-state index in [0.29, 0.717) is 37.4 Å². The van der Waals surface area contributed by atoms with Crippen molar-refractivity contribution in [1.82, 2.24) is 10.2 Å². The third-order valence-corrected chi connectivity index (χ3v) is 6.16. The van der Waals surface area contributed by atoms with E-state index in [-0.39, 0.29) is 11.0 Å². The summed E-state index contributed by atoms with van der Waals surface area (Å²) in [5, 5.41) is 4.34. The van der Waals surface area contributed by atoms with Crippen LogP contribution in [0.25, 0.3) is 0 Å². The Bertz CT molecular complexity index is 1340. The third-order valence-electron chi connectivity index (χ3n) is 5.96. The molecule has 198 valence electrons. The molecule has 7 nitrogen and oxygen atoms in total. The number of rotatable bonds is 5. The molecule has 0 radical (unpaired) electrons. The molecule has 2 N–H and O–H groups in total. The molecule has 3 aromatic carbocycles. The molecule has 0 atom stereocenters. The molecule has 1 saturated heterocycles. The molecule has 1 aliphatic rings. The first-order valence-electron chi connectivity index (χ1n) is 11.4. The van der Waals surface area contributed by atoms with Crippen LogP contribution in [0.15, 0.2) is 54.6 Å². The van der Waals surface area contributed by atoms with Crippen LogP contribution in [0.4, 0.5) is 28.9 Å². The summed E-state index contributed by atoms with van der Waals surface area (Å²) in [7, 11) is 0.831. The Morgan fingerprint density at radius 3 is 1.97 bits per heavy atom. The van der Waals surface area contributed by atoms with Gasteiger partial charge in [0.2, 0.25) is 11.6 Å². The average Bonchev–Trinajstić information content (AvgIpc) is 2.93. The molecule has 0 saturated carbocycles. The summed E-state index contributed by atoms with van der Waals surface area (Å²) in [5.74, 6) is -10.3. The van der Waals surface area contributed by atoms with Crippen LogP contribution >= 0.6 is 12.2 Å². The number of carbonyl (C=O) groups is 2. The Morgan fingerprint density at radius 1 is 0.842 bits per heavy atom. The van der Waals surface area contributed by atoms with Crippen molar-refractivity contribution < 1.29 is 31.9 Å². The van der Waals surface area contributed by atoms with E-state index in [1.165, 1.54) is 0 Å². The number of hydrogen-bond acceptors (Lipinski definition) is 5. The normalized spacial score (nSPS) is 13.2. The zero-order valence-electron chi connectivity index (χ0n) is 20.1. The highest BCUT2D eigenvalue weighted by Gasteiger charge is 2.30. The minimum atomic E-state index is -1.91. The molecule has 1 fully saturated rings. The van der Waals surface area contributed by atoms with Crippen LogP contribution in [0.2, 0.25) is 0 Å². The van der Waals surface area contributed by atoms with E-state index in [1.807, 2.05) is 23.5 Å². The fourth-order valence-corrected chi connectivity index (χ4v) is 4.22. The molecule has 0 spiro atoms. The van der Waals surface area contributed by atoms with Gasteiger partial charge < -0.3 is 19.9 Å². The van der Waals surface area contributed by atoms with Crippen molar-refractivity contribution in [3.63, 3.8) is 0 Å². The largest absolute Gasteiger partial charge is 0.491 e. The fourth-order valence-electron chi connectivity index (χ4n) is 4.00. The van der Waals surface area contributed by atoms with Gasteiger partial charge >= 0.3 is 0 Å². The van der Waals surface area contributed by atoms with Crippen LogP contribution in [0.1, 0.15) is 20.7 Å². The number of carbonyl (C=O) groups excluding carboxylic acids is 2. The van der Waals surface area contributed by atoms with Gasteiger partial charge in [-0.1, -0.05) is 18.2 Å². The highest BCUT2D eigenvalue weighted by molar-refractivity contribution is 7.80. The highest BCUT2D eigenvalue weighted by atomic mass is 32.1. The van der Waals surface area contributed by atoms with Crippen molar-refractivity contribution in [3.05, 3.63) is 89.0 Å². The Hall–Kier alpha value is -4.19. The Kier molecular flexibility index (Phi) is 8.10. The number of benzene rings is 3. The van der Waals surface area contributed by atoms with Crippen LogP contribution in [0.5, 0.6) is 5.75 Å². The van der Waals surface area contributed by atoms with E-state index in [0.717, 1.165) is 12.8 Å². The van der Waals surface area contributed by atoms with Crippen molar-refractivity contribution in [1.29, 1.82) is 0 Å². The van der Waals surface area contributed by atoms with Crippen molar-refractivity contribution in [2.45, 2.75) is 0 Å². The SMILES string of the molecule is COc1c(F)c(F)c(C(=O)NC(=S)Nc2ccc(N3CCN(C(=O)c4ccccc4)CC3)cc2)c(F)c1F. The Labute approximate surface area is 221 Å². The standard InChI is InChI=1S/C26H22F4N4O3S/c1-37-23-21(29)19(27)18(20(28)22(23)30)24(35)32-26(38)31-16-7-9-17(10-8-16)33-11-13-34(14-12-33)25(36)15-5-3-2-4-6-15/h2-10H,11-14H2,1H3,(H2,31,32,35,38). The first-order valence-corrected chi connectivity index (χ1v) is 11.8. The van der Waals surface area contributed by atoms with E-state index in [9.17, 15) is 27.2 Å². The molecular formula is C26H22F4N4O3S. The van der Waals surface area contributed by atoms with Gasteiger partial charge in [-0.05, 0) is 48.6 Å². The molecule has 1 heterocycles. The summed E-state index contributed by atoms with van der Waals surface area (Å²) in [6, 6.07) is 16.0. The van der Waals surface area contributed by atoms with Gasteiger partial charge in [-0.2, -0.15) is 8.78 Å². The predicted octanol–water partition coefficient (Wildman–Crippen LogP) is 4.34. The Balaban J connectivity index is 1.34. The number of amides is 2. The lowest BCUT2D eigenvalue weighted by molar-refractivity contribution is 0.0746. The van der Waals surface area contributed by atoms with Crippen molar-refractivity contribution in [2.24, 2.45) is 0 Å². The number of hydrogen-bond donors (Lipinski definition) is 2. The van der Waals surface area contributed by atoms with Crippen LogP contribution in [-0.4, -0.2) is 55.1 Å². The summed E-state index contributed by atoms with van der Waals surface area (Å²) in [6.45, 7) is 2.38. The van der Waals surface area contributed by atoms with Gasteiger partial charge in [0, 0.05) is 43.1 Å². The average molecular weight is 547 g/mol. The monoisotopic (exact) mass is 546 g/mol. The first kappa shape index (κ1) is 26.9. The number of nitrogens with one attached hydrogen (secondary N) is 2. The van der Waals surface area contributed by atoms with E-state index in [4.69, 9.17) is 12.2 Å². The molecule has 0 aromatic heterocycles. The summed E-state index contributed by atoms with van der Waals surface area (Å²) < 4.78 is 60.5. The van der Waals surface area contributed by atoms with Crippen molar-refractivity contribution in [3.8, 4) is 5.75 Å². The maximum Gasteiger partial charge on any atom is 0.263 e. The Morgan fingerprint density at radius 2 is 1.42 bits per heavy atom. The first-order chi connectivity index (χ1) is 18.2. The topological polar surface area (TPSA) is 73.9 Å². The minimum Gasteiger partial charge on any atom is -0.491 e. The van der Waals surface area contributed by atoms with Gasteiger partial charge in [0.05, 0.1) is 7.11 Å². The zero-order valence-corrected chi connectivity index (χ0v) is 20.9. The smallest absolute Gasteiger partial charge is 0.263 e. The maximum atomic E-state index is 14.2. The summed E-state index contributed by atoms with van der Waals surface area (Å²) in [6.07, 6.45) is 0. The molecule has 0 unspecified atom stereocenters. The number of halogens is 4. The molecule has 0 bridgehead atoms. The van der Waals surface area contributed by atoms with Gasteiger partial charge in [-0.15, -0.1) is 0 Å². The zero-order chi connectivity index (χ0) is 27.4. The number of anilines is 2. The van der Waals surface area contributed by atoms with Gasteiger partial charge in [0.1, 0.15) is 5.56 Å². The van der Waals surface area contributed by atoms with Crippen LogP contribution in [0.3, 0.4) is 0 Å². The lowest BCUT2D eigenvalue weighted by atomic mass is 10.1. The maximum absolute atomic E-state index is 14.2. The molecule has 12 heteroatoms. The van der Waals surface area contributed by atoms with E-state index < -0.39 is 40.5 Å². The predicted molar refractivity (Wildman–Crippen MR) is 138 cm³/mol. The fraction of sp³-hybridized carbons (Fsp3) is 0.192. The quantitative estimate of drug-likeness (QED) is 0.282. The second-order valence-electron chi connectivity index (χ2n) is 8.26. The molecule has 3 aromatic rings. The molecule has 4 rings (SSSR count). The third kappa shape index (κ3) is 5.54. The number of piperazine rings is 1. The molecular weight excluding hydrogens is 524 g/mol. The summed E-state index contributed by atoms with van der Waals surface area (Å²) in [5.41, 5.74) is 0.521. The number of thiocarbonyl (C=S) groups is 1. The minimum absolute atomic E-state index is 0.0137. The van der Waals surface area contributed by atoms with E-state index >= 15 is 0 Å². The molecule has 38 heavy (non-hydrogen) atoms. The number of methoxy groups -OCH3 is 1. The summed E-state index contributed by atoms with van der Waals surface area (Å²) >= 11 is 5.00. The van der Waals surface area contributed by atoms with E-state index in [1.54, 1.807) is 41.3 Å². The van der Waals surface area contributed by atoms with Gasteiger partial charge in [-0.25, -0.2) is 8.78 Å². The molecule has 0 aliphatic carbocycles. The van der Waals surface area contributed by atoms with Gasteiger partial charge in [-0.3, -0.25) is 14.9 Å². The lowest BCUT2D eigenvalue weighted by Gasteiger charge is -2.36. The van der Waals surface area contributed by atoms with Crippen molar-refractivity contribution >= 4 is 40.5 Å². The number of ether oxygens (including phenoxy) is 1. The molecule has 2 amide bonds. The highest BCUT2D eigenvalue weighted by Crippen LogP contribution is 2.29. The summed E-state index contributed by atoms with van der Waals surface area (Å²) in [4.78, 5) is 28.8.